The Hall–Kier alpha value is -1.85. The van der Waals surface area contributed by atoms with Gasteiger partial charge in [-0.1, -0.05) is 24.4 Å². The highest BCUT2D eigenvalue weighted by Gasteiger charge is 2.20. The maximum Gasteiger partial charge on any atom is 0.227 e. The Morgan fingerprint density at radius 2 is 2.10 bits per heavy atom. The predicted molar refractivity (Wildman–Crippen MR) is 74.1 cm³/mol. The molecule has 1 heterocycles. The van der Waals surface area contributed by atoms with Gasteiger partial charge in [0.1, 0.15) is 5.76 Å². The SMILES string of the molecule is Cc1cc(NC(=O)CCNC(=O)C2CCCCC2)no1. The van der Waals surface area contributed by atoms with Gasteiger partial charge in [0.2, 0.25) is 11.8 Å². The first-order chi connectivity index (χ1) is 9.65. The number of carbonyl (C=O) groups excluding carboxylic acids is 2. The Morgan fingerprint density at radius 1 is 1.35 bits per heavy atom. The second-order valence-electron chi connectivity index (χ2n) is 5.25. The fraction of sp³-hybridized carbons (Fsp3) is 0.643. The summed E-state index contributed by atoms with van der Waals surface area (Å²) >= 11 is 0. The summed E-state index contributed by atoms with van der Waals surface area (Å²) in [5.41, 5.74) is 0. The number of nitrogens with zero attached hydrogens (tertiary/aromatic N) is 1. The molecule has 0 saturated heterocycles. The Kier molecular flexibility index (Phi) is 5.15. The van der Waals surface area contributed by atoms with Gasteiger partial charge < -0.3 is 15.2 Å². The van der Waals surface area contributed by atoms with Gasteiger partial charge in [0.25, 0.3) is 0 Å². The molecule has 6 heteroatoms. The van der Waals surface area contributed by atoms with E-state index in [1.165, 1.54) is 6.42 Å². The van der Waals surface area contributed by atoms with E-state index in [1.54, 1.807) is 13.0 Å². The Morgan fingerprint density at radius 3 is 2.75 bits per heavy atom. The van der Waals surface area contributed by atoms with Crippen LogP contribution < -0.4 is 10.6 Å². The van der Waals surface area contributed by atoms with Crippen LogP contribution in [-0.4, -0.2) is 23.5 Å². The minimum absolute atomic E-state index is 0.0785. The molecule has 110 valence electrons. The van der Waals surface area contributed by atoms with Crippen molar-refractivity contribution in [2.24, 2.45) is 5.92 Å². The Bertz CT molecular complexity index is 464. The molecule has 0 aliphatic heterocycles. The molecule has 2 N–H and O–H groups in total. The molecule has 0 bridgehead atoms. The maximum atomic E-state index is 11.9. The molecule has 1 aliphatic carbocycles. The van der Waals surface area contributed by atoms with E-state index < -0.39 is 0 Å². The van der Waals surface area contributed by atoms with Crippen LogP contribution >= 0.6 is 0 Å². The molecule has 2 amide bonds. The van der Waals surface area contributed by atoms with Crippen LogP contribution in [-0.2, 0) is 9.59 Å². The quantitative estimate of drug-likeness (QED) is 0.863. The number of rotatable bonds is 5. The first-order valence-corrected chi connectivity index (χ1v) is 7.16. The van der Waals surface area contributed by atoms with Gasteiger partial charge in [-0.2, -0.15) is 0 Å². The standard InChI is InChI=1S/C14H21N3O3/c1-10-9-12(17-20-10)16-13(18)7-8-15-14(19)11-5-3-2-4-6-11/h9,11H,2-8H2,1H3,(H,15,19)(H,16,17,18). The molecular formula is C14H21N3O3. The van der Waals surface area contributed by atoms with Crippen molar-refractivity contribution in [3.63, 3.8) is 0 Å². The van der Waals surface area contributed by atoms with Crippen molar-refractivity contribution in [2.75, 3.05) is 11.9 Å². The van der Waals surface area contributed by atoms with E-state index in [9.17, 15) is 9.59 Å². The lowest BCUT2D eigenvalue weighted by Crippen LogP contribution is -2.34. The third-order valence-corrected chi connectivity index (χ3v) is 3.52. The molecule has 0 radical (unpaired) electrons. The van der Waals surface area contributed by atoms with Crippen LogP contribution in [0.3, 0.4) is 0 Å². The molecule has 6 nitrogen and oxygen atoms in total. The van der Waals surface area contributed by atoms with Crippen LogP contribution in [0.2, 0.25) is 0 Å². The first kappa shape index (κ1) is 14.6. The van der Waals surface area contributed by atoms with Gasteiger partial charge in [-0.25, -0.2) is 0 Å². The van der Waals surface area contributed by atoms with E-state index in [-0.39, 0.29) is 24.2 Å². The van der Waals surface area contributed by atoms with Crippen molar-refractivity contribution in [3.05, 3.63) is 11.8 Å². The zero-order valence-corrected chi connectivity index (χ0v) is 11.8. The van der Waals surface area contributed by atoms with E-state index in [1.807, 2.05) is 0 Å². The van der Waals surface area contributed by atoms with Crippen molar-refractivity contribution in [2.45, 2.75) is 45.4 Å². The molecule has 0 spiro atoms. The average Bonchev–Trinajstić information content (AvgIpc) is 2.85. The third-order valence-electron chi connectivity index (χ3n) is 3.52. The van der Waals surface area contributed by atoms with Gasteiger partial charge in [0.05, 0.1) is 0 Å². The number of aryl methyl sites for hydroxylation is 1. The Balaban J connectivity index is 1.64. The molecule has 0 atom stereocenters. The van der Waals surface area contributed by atoms with Gasteiger partial charge in [-0.05, 0) is 19.8 Å². The fourth-order valence-corrected chi connectivity index (χ4v) is 2.44. The molecule has 1 saturated carbocycles. The van der Waals surface area contributed by atoms with Crippen LogP contribution in [0.1, 0.15) is 44.3 Å². The minimum Gasteiger partial charge on any atom is -0.360 e. The number of amides is 2. The van der Waals surface area contributed by atoms with Crippen molar-refractivity contribution in [3.8, 4) is 0 Å². The second-order valence-corrected chi connectivity index (χ2v) is 5.25. The molecule has 1 aliphatic rings. The molecule has 20 heavy (non-hydrogen) atoms. The summed E-state index contributed by atoms with van der Waals surface area (Å²) in [6, 6.07) is 1.65. The van der Waals surface area contributed by atoms with Crippen molar-refractivity contribution < 1.29 is 14.1 Å². The summed E-state index contributed by atoms with van der Waals surface area (Å²) in [6.07, 6.45) is 5.66. The lowest BCUT2D eigenvalue weighted by Gasteiger charge is -2.20. The monoisotopic (exact) mass is 279 g/mol. The number of carbonyl (C=O) groups is 2. The third kappa shape index (κ3) is 4.36. The van der Waals surface area contributed by atoms with Gasteiger partial charge in [-0.3, -0.25) is 9.59 Å². The number of hydrogen-bond acceptors (Lipinski definition) is 4. The fourth-order valence-electron chi connectivity index (χ4n) is 2.44. The second kappa shape index (κ2) is 7.07. The van der Waals surface area contributed by atoms with E-state index in [0.29, 0.717) is 18.1 Å². The van der Waals surface area contributed by atoms with Gasteiger partial charge >= 0.3 is 0 Å². The first-order valence-electron chi connectivity index (χ1n) is 7.16. The zero-order valence-electron chi connectivity index (χ0n) is 11.8. The zero-order chi connectivity index (χ0) is 14.4. The van der Waals surface area contributed by atoms with Crippen LogP contribution in [0, 0.1) is 12.8 Å². The summed E-state index contributed by atoms with van der Waals surface area (Å²) in [5.74, 6) is 1.08. The summed E-state index contributed by atoms with van der Waals surface area (Å²) in [5, 5.41) is 9.13. The normalized spacial score (nSPS) is 15.8. The van der Waals surface area contributed by atoms with Gasteiger partial charge in [-0.15, -0.1) is 0 Å². The number of anilines is 1. The maximum absolute atomic E-state index is 11.9. The molecule has 1 aromatic heterocycles. The van der Waals surface area contributed by atoms with Crippen LogP contribution in [0.5, 0.6) is 0 Å². The summed E-state index contributed by atoms with van der Waals surface area (Å²) in [6.45, 7) is 2.12. The molecule has 1 aromatic rings. The van der Waals surface area contributed by atoms with E-state index >= 15 is 0 Å². The predicted octanol–water partition coefficient (Wildman–Crippen LogP) is 2.01. The van der Waals surface area contributed by atoms with Crippen LogP contribution in [0.25, 0.3) is 0 Å². The van der Waals surface area contributed by atoms with Gasteiger partial charge in [0, 0.05) is 24.9 Å². The summed E-state index contributed by atoms with van der Waals surface area (Å²) < 4.78 is 4.85. The topological polar surface area (TPSA) is 84.2 Å². The van der Waals surface area contributed by atoms with Gasteiger partial charge in [0.15, 0.2) is 5.82 Å². The smallest absolute Gasteiger partial charge is 0.227 e. The largest absolute Gasteiger partial charge is 0.360 e. The van der Waals surface area contributed by atoms with Crippen molar-refractivity contribution >= 4 is 17.6 Å². The molecule has 2 rings (SSSR count). The number of hydrogen-bond donors (Lipinski definition) is 2. The molecule has 0 aromatic carbocycles. The van der Waals surface area contributed by atoms with E-state index in [2.05, 4.69) is 15.8 Å². The lowest BCUT2D eigenvalue weighted by atomic mass is 9.89. The number of nitrogens with one attached hydrogen (secondary N) is 2. The van der Waals surface area contributed by atoms with Crippen LogP contribution in [0.15, 0.2) is 10.6 Å². The molecule has 0 unspecified atom stereocenters. The Labute approximate surface area is 118 Å². The molecule has 1 fully saturated rings. The highest BCUT2D eigenvalue weighted by Crippen LogP contribution is 2.23. The average molecular weight is 279 g/mol. The summed E-state index contributed by atoms with van der Waals surface area (Å²) in [7, 11) is 0. The summed E-state index contributed by atoms with van der Waals surface area (Å²) in [4.78, 5) is 23.5. The highest BCUT2D eigenvalue weighted by molar-refractivity contribution is 5.90. The van der Waals surface area contributed by atoms with Crippen molar-refractivity contribution in [1.29, 1.82) is 0 Å². The highest BCUT2D eigenvalue weighted by atomic mass is 16.5. The van der Waals surface area contributed by atoms with E-state index in [0.717, 1.165) is 25.7 Å². The lowest BCUT2D eigenvalue weighted by molar-refractivity contribution is -0.126. The van der Waals surface area contributed by atoms with Crippen molar-refractivity contribution in [1.82, 2.24) is 10.5 Å². The minimum atomic E-state index is -0.178. The number of aromatic nitrogens is 1. The molecular weight excluding hydrogens is 258 g/mol. The van der Waals surface area contributed by atoms with Crippen LogP contribution in [0.4, 0.5) is 5.82 Å². The van der Waals surface area contributed by atoms with E-state index in [4.69, 9.17) is 4.52 Å².